The first-order valence-electron chi connectivity index (χ1n) is 10.9. The largest absolute Gasteiger partial charge is 0.342 e. The second-order valence-corrected chi connectivity index (χ2v) is 8.94. The maximum atomic E-state index is 13.2. The van der Waals surface area contributed by atoms with Crippen LogP contribution < -0.4 is 10.6 Å². The minimum Gasteiger partial charge on any atom is -0.342 e. The summed E-state index contributed by atoms with van der Waals surface area (Å²) in [5.41, 5.74) is 3.06. The molecule has 1 saturated heterocycles. The molecule has 5 heteroatoms. The molecule has 5 rings (SSSR count). The molecule has 154 valence electrons. The van der Waals surface area contributed by atoms with Gasteiger partial charge in [0.25, 0.3) is 0 Å². The van der Waals surface area contributed by atoms with Crippen molar-refractivity contribution in [3.8, 4) is 0 Å². The van der Waals surface area contributed by atoms with Crippen LogP contribution in [0.4, 0.5) is 5.69 Å². The standard InChI is InChI=1S/C25H26N2O3/c28-22-21(24(30)27-25(22)14-18-8-4-5-9-19(18)15-25)23(29)26-20-12-10-17(11-13-20)16-6-2-1-3-7-16/h4-5,8-13,16,21H,1-3,6-7,14-15H2,(H,26,29)(H,27,30). The molecule has 1 aliphatic heterocycles. The number of fused-ring (bicyclic) bond motifs is 1. The molecular formula is C25H26N2O3. The number of rotatable bonds is 3. The molecule has 2 aliphatic carbocycles. The summed E-state index contributed by atoms with van der Waals surface area (Å²) in [7, 11) is 0. The van der Waals surface area contributed by atoms with E-state index >= 15 is 0 Å². The Balaban J connectivity index is 1.28. The third kappa shape index (κ3) is 3.22. The third-order valence-electron chi connectivity index (χ3n) is 6.98. The maximum Gasteiger partial charge on any atom is 0.244 e. The summed E-state index contributed by atoms with van der Waals surface area (Å²) < 4.78 is 0. The molecule has 0 radical (unpaired) electrons. The Kier molecular flexibility index (Phi) is 4.69. The molecule has 2 amide bonds. The fraction of sp³-hybridized carbons (Fsp3) is 0.400. The molecule has 30 heavy (non-hydrogen) atoms. The van der Waals surface area contributed by atoms with Crippen LogP contribution in [0.5, 0.6) is 0 Å². The first-order chi connectivity index (χ1) is 14.6. The number of nitrogens with one attached hydrogen (secondary N) is 2. The molecule has 2 aromatic carbocycles. The molecule has 1 saturated carbocycles. The lowest BCUT2D eigenvalue weighted by Gasteiger charge is -2.22. The average Bonchev–Trinajstić information content (AvgIpc) is 3.25. The summed E-state index contributed by atoms with van der Waals surface area (Å²) in [4.78, 5) is 38.6. The normalized spacial score (nSPS) is 22.7. The van der Waals surface area contributed by atoms with Crippen molar-refractivity contribution in [2.75, 3.05) is 5.32 Å². The zero-order valence-electron chi connectivity index (χ0n) is 16.9. The molecule has 1 unspecified atom stereocenters. The topological polar surface area (TPSA) is 75.3 Å². The van der Waals surface area contributed by atoms with Gasteiger partial charge in [0.1, 0.15) is 5.54 Å². The molecule has 1 heterocycles. The molecular weight excluding hydrogens is 376 g/mol. The number of Topliss-reactive ketones (excluding diaryl/α,β-unsaturated/α-hetero) is 1. The van der Waals surface area contributed by atoms with Crippen LogP contribution in [0, 0.1) is 5.92 Å². The SMILES string of the molecule is O=C(Nc1ccc(C2CCCCC2)cc1)C1C(=O)NC2(Cc3ccccc3C2)C1=O. The van der Waals surface area contributed by atoms with Gasteiger partial charge in [-0.1, -0.05) is 55.7 Å². The number of hydrogen-bond acceptors (Lipinski definition) is 3. The van der Waals surface area contributed by atoms with Crippen molar-refractivity contribution in [3.05, 3.63) is 65.2 Å². The second-order valence-electron chi connectivity index (χ2n) is 8.94. The Morgan fingerprint density at radius 2 is 1.53 bits per heavy atom. The highest BCUT2D eigenvalue weighted by Crippen LogP contribution is 2.37. The van der Waals surface area contributed by atoms with E-state index in [2.05, 4.69) is 22.8 Å². The Bertz CT molecular complexity index is 980. The predicted octanol–water partition coefficient (Wildman–Crippen LogP) is 3.53. The molecule has 1 spiro atoms. The van der Waals surface area contributed by atoms with Crippen molar-refractivity contribution in [1.82, 2.24) is 5.32 Å². The Morgan fingerprint density at radius 3 is 2.17 bits per heavy atom. The van der Waals surface area contributed by atoms with E-state index < -0.39 is 23.3 Å². The highest BCUT2D eigenvalue weighted by Gasteiger charge is 2.57. The van der Waals surface area contributed by atoms with Crippen LogP contribution in [0.25, 0.3) is 0 Å². The van der Waals surface area contributed by atoms with Crippen molar-refractivity contribution >= 4 is 23.3 Å². The van der Waals surface area contributed by atoms with Gasteiger partial charge in [0.15, 0.2) is 11.7 Å². The lowest BCUT2D eigenvalue weighted by molar-refractivity contribution is -0.135. The first kappa shape index (κ1) is 19.0. The molecule has 2 N–H and O–H groups in total. The monoisotopic (exact) mass is 402 g/mol. The lowest BCUT2D eigenvalue weighted by atomic mass is 9.84. The quantitative estimate of drug-likeness (QED) is 0.772. The summed E-state index contributed by atoms with van der Waals surface area (Å²) in [6.45, 7) is 0. The van der Waals surface area contributed by atoms with E-state index in [4.69, 9.17) is 0 Å². The number of anilines is 1. The zero-order chi connectivity index (χ0) is 20.7. The maximum absolute atomic E-state index is 13.2. The zero-order valence-corrected chi connectivity index (χ0v) is 16.9. The van der Waals surface area contributed by atoms with Gasteiger partial charge in [-0.2, -0.15) is 0 Å². The van der Waals surface area contributed by atoms with Crippen LogP contribution in [-0.2, 0) is 27.2 Å². The molecule has 2 aromatic rings. The number of carbonyl (C=O) groups is 3. The number of carbonyl (C=O) groups excluding carboxylic acids is 3. The Morgan fingerprint density at radius 1 is 0.900 bits per heavy atom. The molecule has 0 aromatic heterocycles. The van der Waals surface area contributed by atoms with Gasteiger partial charge in [-0.3, -0.25) is 14.4 Å². The Hall–Kier alpha value is -2.95. The molecule has 1 atom stereocenters. The molecule has 0 bridgehead atoms. The lowest BCUT2D eigenvalue weighted by Crippen LogP contribution is -2.47. The van der Waals surface area contributed by atoms with Gasteiger partial charge < -0.3 is 10.6 Å². The van der Waals surface area contributed by atoms with E-state index in [0.29, 0.717) is 24.4 Å². The van der Waals surface area contributed by atoms with Crippen LogP contribution in [0.3, 0.4) is 0 Å². The summed E-state index contributed by atoms with van der Waals surface area (Å²) in [5, 5.41) is 5.63. The van der Waals surface area contributed by atoms with Crippen LogP contribution in [-0.4, -0.2) is 23.1 Å². The van der Waals surface area contributed by atoms with Crippen LogP contribution in [0.15, 0.2) is 48.5 Å². The highest BCUT2D eigenvalue weighted by molar-refractivity contribution is 6.28. The summed E-state index contributed by atoms with van der Waals surface area (Å²) in [6, 6.07) is 15.7. The molecule has 5 nitrogen and oxygen atoms in total. The van der Waals surface area contributed by atoms with Crippen molar-refractivity contribution in [3.63, 3.8) is 0 Å². The van der Waals surface area contributed by atoms with Gasteiger partial charge in [-0.15, -0.1) is 0 Å². The summed E-state index contributed by atoms with van der Waals surface area (Å²) in [6.07, 6.45) is 7.19. The van der Waals surface area contributed by atoms with Crippen molar-refractivity contribution in [2.45, 2.75) is 56.4 Å². The number of amides is 2. The summed E-state index contributed by atoms with van der Waals surface area (Å²) >= 11 is 0. The van der Waals surface area contributed by atoms with Crippen LogP contribution in [0.1, 0.15) is 54.7 Å². The van der Waals surface area contributed by atoms with Gasteiger partial charge >= 0.3 is 0 Å². The van der Waals surface area contributed by atoms with E-state index in [9.17, 15) is 14.4 Å². The van der Waals surface area contributed by atoms with E-state index in [1.807, 2.05) is 36.4 Å². The number of benzene rings is 2. The molecule has 3 aliphatic rings. The summed E-state index contributed by atoms with van der Waals surface area (Å²) in [5.74, 6) is -2.06. The van der Waals surface area contributed by atoms with Crippen LogP contribution >= 0.6 is 0 Å². The fourth-order valence-electron chi connectivity index (χ4n) is 5.37. The minimum atomic E-state index is -1.29. The van der Waals surface area contributed by atoms with E-state index in [1.165, 1.54) is 37.7 Å². The Labute approximate surface area is 176 Å². The van der Waals surface area contributed by atoms with Gasteiger partial charge in [-0.25, -0.2) is 0 Å². The van der Waals surface area contributed by atoms with E-state index in [-0.39, 0.29) is 5.78 Å². The predicted molar refractivity (Wildman–Crippen MR) is 114 cm³/mol. The van der Waals surface area contributed by atoms with Gasteiger partial charge in [0.2, 0.25) is 11.8 Å². The number of ketones is 1. The highest BCUT2D eigenvalue weighted by atomic mass is 16.2. The average molecular weight is 402 g/mol. The van der Waals surface area contributed by atoms with Gasteiger partial charge in [-0.05, 0) is 47.6 Å². The fourth-order valence-corrected chi connectivity index (χ4v) is 5.37. The smallest absolute Gasteiger partial charge is 0.244 e. The number of hydrogen-bond donors (Lipinski definition) is 2. The van der Waals surface area contributed by atoms with Crippen molar-refractivity contribution in [1.29, 1.82) is 0 Å². The first-order valence-corrected chi connectivity index (χ1v) is 10.9. The van der Waals surface area contributed by atoms with Crippen LogP contribution in [0.2, 0.25) is 0 Å². The van der Waals surface area contributed by atoms with E-state index in [0.717, 1.165) is 11.1 Å². The van der Waals surface area contributed by atoms with E-state index in [1.54, 1.807) is 0 Å². The van der Waals surface area contributed by atoms with Crippen molar-refractivity contribution < 1.29 is 14.4 Å². The van der Waals surface area contributed by atoms with Gasteiger partial charge in [0.05, 0.1) is 0 Å². The minimum absolute atomic E-state index is 0.319. The molecule has 2 fully saturated rings. The third-order valence-corrected chi connectivity index (χ3v) is 6.98. The second kappa shape index (κ2) is 7.38. The van der Waals surface area contributed by atoms with Gasteiger partial charge in [0, 0.05) is 18.5 Å². The van der Waals surface area contributed by atoms with Crippen molar-refractivity contribution in [2.24, 2.45) is 5.92 Å².